The van der Waals surface area contributed by atoms with Gasteiger partial charge in [0.1, 0.15) is 3.70 Å². The van der Waals surface area contributed by atoms with Crippen LogP contribution in [0.4, 0.5) is 0 Å². The van der Waals surface area contributed by atoms with Crippen LogP contribution in [0.5, 0.6) is 0 Å². The molecule has 0 saturated carbocycles. The molecule has 1 aromatic heterocycles. The normalized spacial score (nSPS) is 10.6. The summed E-state index contributed by atoms with van der Waals surface area (Å²) in [5, 5.41) is 8.12. The van der Waals surface area contributed by atoms with Crippen LogP contribution < -0.4 is 0 Å². The molecule has 0 amide bonds. The fourth-order valence-corrected chi connectivity index (χ4v) is 2.06. The zero-order valence-electron chi connectivity index (χ0n) is 7.67. The number of fused-ring (bicyclic) bond motifs is 1. The molecule has 0 aliphatic carbocycles. The Morgan fingerprint density at radius 3 is 3.00 bits per heavy atom. The topological polar surface area (TPSA) is 55.0 Å². The van der Waals surface area contributed by atoms with E-state index in [0.29, 0.717) is 16.1 Å². The smallest absolute Gasteiger partial charge is 0.339 e. The van der Waals surface area contributed by atoms with Gasteiger partial charge in [0, 0.05) is 5.39 Å². The standard InChI is InChI=1S/C9H6ClIN2O2/c1-15-9(14)4-3-7-5(2-6(4)10)8(11)13-12-7/h2-3H,1H3,(H,12,13). The summed E-state index contributed by atoms with van der Waals surface area (Å²) in [6.45, 7) is 0. The van der Waals surface area contributed by atoms with E-state index in [2.05, 4.69) is 37.5 Å². The summed E-state index contributed by atoms with van der Waals surface area (Å²) in [7, 11) is 1.32. The van der Waals surface area contributed by atoms with Crippen molar-refractivity contribution in [2.45, 2.75) is 0 Å². The minimum Gasteiger partial charge on any atom is -0.465 e. The number of hydrogen-bond donors (Lipinski definition) is 1. The third-order valence-electron chi connectivity index (χ3n) is 2.00. The maximum Gasteiger partial charge on any atom is 0.339 e. The molecule has 0 spiro atoms. The first-order valence-electron chi connectivity index (χ1n) is 4.05. The number of ether oxygens (including phenoxy) is 1. The summed E-state index contributed by atoms with van der Waals surface area (Å²) in [6, 6.07) is 3.32. The Labute approximate surface area is 104 Å². The summed E-state index contributed by atoms with van der Waals surface area (Å²) in [5.41, 5.74) is 1.03. The molecular weight excluding hydrogens is 330 g/mol. The Balaban J connectivity index is 2.68. The van der Waals surface area contributed by atoms with Crippen LogP contribution in [0.15, 0.2) is 12.1 Å². The predicted molar refractivity (Wildman–Crippen MR) is 65.2 cm³/mol. The van der Waals surface area contributed by atoms with Crippen molar-refractivity contribution in [2.24, 2.45) is 0 Å². The molecule has 0 aliphatic heterocycles. The van der Waals surface area contributed by atoms with Crippen LogP contribution in [-0.4, -0.2) is 23.3 Å². The van der Waals surface area contributed by atoms with Crippen LogP contribution >= 0.6 is 34.2 Å². The van der Waals surface area contributed by atoms with Crippen molar-refractivity contribution >= 4 is 51.1 Å². The number of rotatable bonds is 1. The molecule has 78 valence electrons. The lowest BCUT2D eigenvalue weighted by molar-refractivity contribution is 0.0601. The van der Waals surface area contributed by atoms with Crippen molar-refractivity contribution in [3.8, 4) is 0 Å². The summed E-state index contributed by atoms with van der Waals surface area (Å²) < 4.78 is 5.50. The highest BCUT2D eigenvalue weighted by Gasteiger charge is 2.14. The maximum atomic E-state index is 11.3. The summed E-state index contributed by atoms with van der Waals surface area (Å²) in [5.74, 6) is -0.458. The van der Waals surface area contributed by atoms with Crippen molar-refractivity contribution in [1.82, 2.24) is 10.2 Å². The monoisotopic (exact) mass is 336 g/mol. The van der Waals surface area contributed by atoms with E-state index in [1.54, 1.807) is 12.1 Å². The number of H-pyrrole nitrogens is 1. The number of halogens is 2. The molecule has 15 heavy (non-hydrogen) atoms. The molecule has 1 heterocycles. The van der Waals surface area contributed by atoms with Crippen molar-refractivity contribution < 1.29 is 9.53 Å². The first-order valence-corrected chi connectivity index (χ1v) is 5.50. The van der Waals surface area contributed by atoms with Crippen LogP contribution in [-0.2, 0) is 4.74 Å². The van der Waals surface area contributed by atoms with Crippen LogP contribution in [0.2, 0.25) is 5.02 Å². The molecule has 6 heteroatoms. The molecule has 1 aromatic carbocycles. The van der Waals surface area contributed by atoms with Gasteiger partial charge in [-0.1, -0.05) is 11.6 Å². The molecule has 0 radical (unpaired) electrons. The highest BCUT2D eigenvalue weighted by atomic mass is 127. The molecule has 0 unspecified atom stereocenters. The van der Waals surface area contributed by atoms with Gasteiger partial charge in [0.15, 0.2) is 0 Å². The quantitative estimate of drug-likeness (QED) is 0.643. The van der Waals surface area contributed by atoms with E-state index in [4.69, 9.17) is 11.6 Å². The molecular formula is C9H6ClIN2O2. The van der Waals surface area contributed by atoms with E-state index in [1.165, 1.54) is 7.11 Å². The van der Waals surface area contributed by atoms with Gasteiger partial charge < -0.3 is 4.74 Å². The van der Waals surface area contributed by atoms with Gasteiger partial charge in [-0.15, -0.1) is 0 Å². The Morgan fingerprint density at radius 1 is 1.60 bits per heavy atom. The highest BCUT2D eigenvalue weighted by Crippen LogP contribution is 2.26. The number of benzene rings is 1. The van der Waals surface area contributed by atoms with Crippen molar-refractivity contribution in [2.75, 3.05) is 7.11 Å². The molecule has 0 atom stereocenters. The van der Waals surface area contributed by atoms with Crippen molar-refractivity contribution in [3.05, 3.63) is 26.4 Å². The average molecular weight is 337 g/mol. The van der Waals surface area contributed by atoms with Crippen LogP contribution in [0.1, 0.15) is 10.4 Å². The summed E-state index contributed by atoms with van der Waals surface area (Å²) >= 11 is 8.08. The number of esters is 1. The van der Waals surface area contributed by atoms with Crippen molar-refractivity contribution in [3.63, 3.8) is 0 Å². The Kier molecular flexibility index (Phi) is 2.83. The Morgan fingerprint density at radius 2 is 2.33 bits per heavy atom. The maximum absolute atomic E-state index is 11.3. The first-order chi connectivity index (χ1) is 7.13. The Bertz CT molecular complexity index is 538. The van der Waals surface area contributed by atoms with E-state index in [9.17, 15) is 4.79 Å². The lowest BCUT2D eigenvalue weighted by atomic mass is 10.2. The van der Waals surface area contributed by atoms with Gasteiger partial charge in [-0.3, -0.25) is 5.10 Å². The van der Waals surface area contributed by atoms with Gasteiger partial charge in [-0.25, -0.2) is 4.79 Å². The zero-order chi connectivity index (χ0) is 11.0. The average Bonchev–Trinajstić information content (AvgIpc) is 2.58. The van der Waals surface area contributed by atoms with Crippen LogP contribution in [0, 0.1) is 3.70 Å². The number of carbonyl (C=O) groups excluding carboxylic acids is 1. The molecule has 0 fully saturated rings. The fraction of sp³-hybridized carbons (Fsp3) is 0.111. The van der Waals surface area contributed by atoms with E-state index < -0.39 is 5.97 Å². The second-order valence-electron chi connectivity index (χ2n) is 2.88. The second-order valence-corrected chi connectivity index (χ2v) is 4.36. The molecule has 2 rings (SSSR count). The lowest BCUT2D eigenvalue weighted by Crippen LogP contribution is -2.01. The van der Waals surface area contributed by atoms with Gasteiger partial charge >= 0.3 is 5.97 Å². The van der Waals surface area contributed by atoms with Crippen LogP contribution in [0.3, 0.4) is 0 Å². The third kappa shape index (κ3) is 1.81. The molecule has 0 bridgehead atoms. The molecule has 2 aromatic rings. The first kappa shape index (κ1) is 10.7. The summed E-state index contributed by atoms with van der Waals surface area (Å²) in [6.07, 6.45) is 0. The number of aromatic amines is 1. The largest absolute Gasteiger partial charge is 0.465 e. The molecule has 4 nitrogen and oxygen atoms in total. The predicted octanol–water partition coefficient (Wildman–Crippen LogP) is 2.61. The van der Waals surface area contributed by atoms with Gasteiger partial charge in [-0.2, -0.15) is 5.10 Å². The van der Waals surface area contributed by atoms with Gasteiger partial charge in [0.25, 0.3) is 0 Å². The number of nitrogens with one attached hydrogen (secondary N) is 1. The van der Waals surface area contributed by atoms with Gasteiger partial charge in [0.2, 0.25) is 0 Å². The van der Waals surface area contributed by atoms with Gasteiger partial charge in [-0.05, 0) is 34.7 Å². The fourth-order valence-electron chi connectivity index (χ4n) is 1.27. The highest BCUT2D eigenvalue weighted by molar-refractivity contribution is 14.1. The Hall–Kier alpha value is -0.820. The minimum atomic E-state index is -0.458. The third-order valence-corrected chi connectivity index (χ3v) is 3.14. The number of hydrogen-bond acceptors (Lipinski definition) is 3. The number of aromatic nitrogens is 2. The lowest BCUT2D eigenvalue weighted by Gasteiger charge is -2.01. The number of nitrogens with zero attached hydrogens (tertiary/aromatic N) is 1. The van der Waals surface area contributed by atoms with E-state index in [0.717, 1.165) is 9.09 Å². The van der Waals surface area contributed by atoms with Crippen LogP contribution in [0.25, 0.3) is 10.9 Å². The number of carbonyl (C=O) groups is 1. The SMILES string of the molecule is COC(=O)c1cc2n[nH]c(I)c2cc1Cl. The van der Waals surface area contributed by atoms with E-state index >= 15 is 0 Å². The molecule has 0 aliphatic rings. The van der Waals surface area contributed by atoms with Gasteiger partial charge in [0.05, 0.1) is 23.2 Å². The minimum absolute atomic E-state index is 0.328. The zero-order valence-corrected chi connectivity index (χ0v) is 10.6. The van der Waals surface area contributed by atoms with Crippen molar-refractivity contribution in [1.29, 1.82) is 0 Å². The summed E-state index contributed by atoms with van der Waals surface area (Å²) in [4.78, 5) is 11.3. The van der Waals surface area contributed by atoms with E-state index in [-0.39, 0.29) is 0 Å². The number of methoxy groups -OCH3 is 1. The second kappa shape index (κ2) is 3.97. The van der Waals surface area contributed by atoms with E-state index in [1.807, 2.05) is 0 Å². The molecule has 0 saturated heterocycles. The molecule has 1 N–H and O–H groups in total.